The average Bonchev–Trinajstić information content (AvgIpc) is 2.68. The lowest BCUT2D eigenvalue weighted by molar-refractivity contribution is -0.125. The Balaban J connectivity index is 1.72. The minimum atomic E-state index is -4.14. The van der Waals surface area contributed by atoms with E-state index >= 15 is 0 Å². The van der Waals surface area contributed by atoms with E-state index in [-0.39, 0.29) is 12.0 Å². The van der Waals surface area contributed by atoms with E-state index in [2.05, 4.69) is 5.32 Å². The van der Waals surface area contributed by atoms with Crippen LogP contribution in [0.4, 0.5) is 13.2 Å². The Hall–Kier alpha value is -1.23. The van der Waals surface area contributed by atoms with Crippen molar-refractivity contribution in [1.29, 1.82) is 0 Å². The van der Waals surface area contributed by atoms with Gasteiger partial charge in [-0.1, -0.05) is 25.1 Å². The topological polar surface area (TPSA) is 21.3 Å². The second-order valence-electron chi connectivity index (χ2n) is 5.14. The third-order valence-corrected chi connectivity index (χ3v) is 3.20. The van der Waals surface area contributed by atoms with Gasteiger partial charge in [0.1, 0.15) is 11.9 Å². The number of halogens is 3. The lowest BCUT2D eigenvalue weighted by atomic mass is 10.00. The minimum Gasteiger partial charge on any atom is -0.490 e. The van der Waals surface area contributed by atoms with Crippen LogP contribution >= 0.6 is 0 Å². The molecule has 19 heavy (non-hydrogen) atoms. The molecule has 0 amide bonds. The van der Waals surface area contributed by atoms with Gasteiger partial charge < -0.3 is 10.1 Å². The number of hydrogen-bond donors (Lipinski definition) is 1. The van der Waals surface area contributed by atoms with Crippen LogP contribution in [0.5, 0.6) is 5.75 Å². The fraction of sp³-hybridized carbons (Fsp3) is 0.571. The van der Waals surface area contributed by atoms with E-state index < -0.39 is 12.7 Å². The Kier molecular flexibility index (Phi) is 4.34. The van der Waals surface area contributed by atoms with E-state index in [0.717, 1.165) is 18.6 Å². The number of hydrogen-bond acceptors (Lipinski definition) is 2. The number of alkyl halides is 3. The molecule has 2 unspecified atom stereocenters. The molecule has 5 heteroatoms. The van der Waals surface area contributed by atoms with Crippen LogP contribution in [0.2, 0.25) is 0 Å². The van der Waals surface area contributed by atoms with Crippen LogP contribution in [0, 0.1) is 5.92 Å². The Morgan fingerprint density at radius 1 is 1.37 bits per heavy atom. The molecule has 0 saturated heterocycles. The molecule has 1 aliphatic heterocycles. The number of ether oxygens (including phenoxy) is 1. The zero-order valence-electron chi connectivity index (χ0n) is 10.8. The van der Waals surface area contributed by atoms with Crippen LogP contribution in [-0.4, -0.2) is 25.4 Å². The first-order valence-electron chi connectivity index (χ1n) is 6.46. The molecule has 1 aliphatic rings. The minimum absolute atomic E-state index is 0.0834. The first-order chi connectivity index (χ1) is 8.94. The highest BCUT2D eigenvalue weighted by Gasteiger charge is 2.27. The molecule has 106 valence electrons. The maximum atomic E-state index is 12.0. The van der Waals surface area contributed by atoms with E-state index in [4.69, 9.17) is 4.74 Å². The first kappa shape index (κ1) is 14.2. The Morgan fingerprint density at radius 3 is 2.79 bits per heavy atom. The molecule has 0 aromatic heterocycles. The van der Waals surface area contributed by atoms with Crippen molar-refractivity contribution in [2.75, 3.05) is 13.1 Å². The third kappa shape index (κ3) is 4.42. The quantitative estimate of drug-likeness (QED) is 0.889. The molecule has 0 bridgehead atoms. The van der Waals surface area contributed by atoms with Gasteiger partial charge in [-0.15, -0.1) is 0 Å². The maximum Gasteiger partial charge on any atom is 0.401 e. The van der Waals surface area contributed by atoms with Gasteiger partial charge in [0, 0.05) is 6.42 Å². The SMILES string of the molecule is CC(CNCC(F)(F)F)CC1Cc2ccccc2O1. The number of fused-ring (bicyclic) bond motifs is 1. The zero-order valence-corrected chi connectivity index (χ0v) is 10.8. The van der Waals surface area contributed by atoms with E-state index in [9.17, 15) is 13.2 Å². The molecule has 0 saturated carbocycles. The van der Waals surface area contributed by atoms with Crippen molar-refractivity contribution >= 4 is 0 Å². The van der Waals surface area contributed by atoms with Crippen molar-refractivity contribution in [3.8, 4) is 5.75 Å². The summed E-state index contributed by atoms with van der Waals surface area (Å²) < 4.78 is 41.8. The second kappa shape index (κ2) is 5.82. The molecule has 0 fully saturated rings. The third-order valence-electron chi connectivity index (χ3n) is 3.20. The summed E-state index contributed by atoms with van der Waals surface area (Å²) in [7, 11) is 0. The summed E-state index contributed by atoms with van der Waals surface area (Å²) >= 11 is 0. The van der Waals surface area contributed by atoms with Crippen LogP contribution in [0.15, 0.2) is 24.3 Å². The molecule has 1 aromatic rings. The molecule has 2 nitrogen and oxygen atoms in total. The van der Waals surface area contributed by atoms with Crippen molar-refractivity contribution in [2.45, 2.75) is 32.0 Å². The predicted molar refractivity (Wildman–Crippen MR) is 67.3 cm³/mol. The summed E-state index contributed by atoms with van der Waals surface area (Å²) in [6.07, 6.45) is -2.45. The first-order valence-corrected chi connectivity index (χ1v) is 6.46. The molecule has 2 atom stereocenters. The summed E-state index contributed by atoms with van der Waals surface area (Å²) in [4.78, 5) is 0. The van der Waals surface area contributed by atoms with Gasteiger partial charge >= 0.3 is 6.18 Å². The smallest absolute Gasteiger partial charge is 0.401 e. The van der Waals surface area contributed by atoms with Crippen LogP contribution in [0.1, 0.15) is 18.9 Å². The number of nitrogens with one attached hydrogen (secondary N) is 1. The monoisotopic (exact) mass is 273 g/mol. The predicted octanol–water partition coefficient (Wildman–Crippen LogP) is 3.17. The van der Waals surface area contributed by atoms with Gasteiger partial charge in [-0.05, 0) is 30.5 Å². The molecular formula is C14H18F3NO. The van der Waals surface area contributed by atoms with Gasteiger partial charge in [0.25, 0.3) is 0 Å². The van der Waals surface area contributed by atoms with Gasteiger partial charge in [0.2, 0.25) is 0 Å². The maximum absolute atomic E-state index is 12.0. The standard InChI is InChI=1S/C14H18F3NO/c1-10(8-18-9-14(15,16)17)6-12-7-11-4-2-3-5-13(11)19-12/h2-5,10,12,18H,6-9H2,1H3. The fourth-order valence-corrected chi connectivity index (χ4v) is 2.38. The van der Waals surface area contributed by atoms with Gasteiger partial charge in [-0.3, -0.25) is 0 Å². The lowest BCUT2D eigenvalue weighted by Crippen LogP contribution is -2.33. The van der Waals surface area contributed by atoms with Gasteiger partial charge in [0.05, 0.1) is 6.54 Å². The molecule has 0 spiro atoms. The molecule has 1 aromatic carbocycles. The van der Waals surface area contributed by atoms with Crippen molar-refractivity contribution in [3.63, 3.8) is 0 Å². The van der Waals surface area contributed by atoms with Crippen molar-refractivity contribution in [1.82, 2.24) is 5.32 Å². The largest absolute Gasteiger partial charge is 0.490 e. The zero-order chi connectivity index (χ0) is 13.9. The summed E-state index contributed by atoms with van der Waals surface area (Å²) in [6, 6.07) is 7.86. The molecule has 0 radical (unpaired) electrons. The normalized spacial score (nSPS) is 19.9. The highest BCUT2D eigenvalue weighted by molar-refractivity contribution is 5.37. The average molecular weight is 273 g/mol. The van der Waals surface area contributed by atoms with E-state index in [1.54, 1.807) is 0 Å². The molecule has 1 heterocycles. The van der Waals surface area contributed by atoms with Gasteiger partial charge in [0.15, 0.2) is 0 Å². The number of benzene rings is 1. The van der Waals surface area contributed by atoms with Crippen LogP contribution in [0.25, 0.3) is 0 Å². The van der Waals surface area contributed by atoms with Crippen molar-refractivity contribution < 1.29 is 17.9 Å². The van der Waals surface area contributed by atoms with Crippen LogP contribution in [0.3, 0.4) is 0 Å². The summed E-state index contributed by atoms with van der Waals surface area (Å²) in [6.45, 7) is 1.37. The Morgan fingerprint density at radius 2 is 2.11 bits per heavy atom. The molecule has 0 aliphatic carbocycles. The van der Waals surface area contributed by atoms with E-state index in [0.29, 0.717) is 6.54 Å². The van der Waals surface area contributed by atoms with Gasteiger partial charge in [-0.2, -0.15) is 13.2 Å². The molecule has 1 N–H and O–H groups in total. The summed E-state index contributed by atoms with van der Waals surface area (Å²) in [5.41, 5.74) is 1.18. The Labute approximate surface area is 111 Å². The van der Waals surface area contributed by atoms with Gasteiger partial charge in [-0.25, -0.2) is 0 Å². The number of rotatable bonds is 5. The fourth-order valence-electron chi connectivity index (χ4n) is 2.38. The summed E-state index contributed by atoms with van der Waals surface area (Å²) in [5.74, 6) is 1.06. The van der Waals surface area contributed by atoms with Crippen molar-refractivity contribution in [3.05, 3.63) is 29.8 Å². The number of para-hydroxylation sites is 1. The van der Waals surface area contributed by atoms with Crippen molar-refractivity contribution in [2.24, 2.45) is 5.92 Å². The summed E-state index contributed by atoms with van der Waals surface area (Å²) in [5, 5.41) is 2.44. The molecule has 2 rings (SSSR count). The van der Waals surface area contributed by atoms with E-state index in [1.165, 1.54) is 5.56 Å². The lowest BCUT2D eigenvalue weighted by Gasteiger charge is -2.17. The highest BCUT2D eigenvalue weighted by Crippen LogP contribution is 2.30. The Bertz CT molecular complexity index is 394. The van der Waals surface area contributed by atoms with E-state index in [1.807, 2.05) is 31.2 Å². The molecular weight excluding hydrogens is 255 g/mol. The highest BCUT2D eigenvalue weighted by atomic mass is 19.4. The van der Waals surface area contributed by atoms with Crippen LogP contribution in [-0.2, 0) is 6.42 Å². The van der Waals surface area contributed by atoms with Crippen LogP contribution < -0.4 is 10.1 Å². The second-order valence-corrected chi connectivity index (χ2v) is 5.14.